The van der Waals surface area contributed by atoms with Crippen molar-refractivity contribution in [3.8, 4) is 11.5 Å². The van der Waals surface area contributed by atoms with Crippen LogP contribution in [0.2, 0.25) is 5.02 Å². The van der Waals surface area contributed by atoms with Gasteiger partial charge in [0.25, 0.3) is 10.0 Å². The standard InChI is InChI=1S/C30H25ClF4N2O4S/c1-40-21-9-6-19(27(16-21)41-2)17-37(29-5-3-4-28(32)36-29)42(38,39)22-10-13-23-18(14-22)7-11-24(23)25-12-8-20(15-26(25)31)30(33,34)35/h3-6,8-10,12-16,24H,7,11,17H2,1-2H3/t24-/m0/s1. The third kappa shape index (κ3) is 5.76. The molecule has 1 heterocycles. The van der Waals surface area contributed by atoms with Gasteiger partial charge in [-0.15, -0.1) is 0 Å². The van der Waals surface area contributed by atoms with Crippen LogP contribution in [-0.2, 0) is 29.2 Å². The molecule has 1 aromatic heterocycles. The fourth-order valence-electron chi connectivity index (χ4n) is 5.15. The Bertz CT molecular complexity index is 1750. The van der Waals surface area contributed by atoms with Crippen molar-refractivity contribution in [2.24, 2.45) is 0 Å². The van der Waals surface area contributed by atoms with Crippen molar-refractivity contribution in [2.45, 2.75) is 36.4 Å². The van der Waals surface area contributed by atoms with Crippen LogP contribution in [0.1, 0.15) is 40.2 Å². The normalized spacial score (nSPS) is 14.9. The quantitative estimate of drug-likeness (QED) is 0.152. The number of halogens is 5. The molecular formula is C30H25ClF4N2O4S. The minimum absolute atomic E-state index is 0.00355. The van der Waals surface area contributed by atoms with Gasteiger partial charge in [-0.1, -0.05) is 29.8 Å². The Morgan fingerprint density at radius 2 is 1.74 bits per heavy atom. The van der Waals surface area contributed by atoms with Crippen LogP contribution in [0.25, 0.3) is 0 Å². The Kier molecular flexibility index (Phi) is 8.08. The van der Waals surface area contributed by atoms with Gasteiger partial charge in [0.1, 0.15) is 17.3 Å². The molecule has 0 bridgehead atoms. The second kappa shape index (κ2) is 11.4. The number of hydrogen-bond acceptors (Lipinski definition) is 5. The summed E-state index contributed by atoms with van der Waals surface area (Å²) in [6, 6.07) is 16.7. The predicted octanol–water partition coefficient (Wildman–Crippen LogP) is 7.38. The third-order valence-electron chi connectivity index (χ3n) is 7.25. The molecule has 1 aliphatic carbocycles. The Morgan fingerprint density at radius 1 is 0.976 bits per heavy atom. The van der Waals surface area contributed by atoms with E-state index in [1.807, 2.05) is 0 Å². The summed E-state index contributed by atoms with van der Waals surface area (Å²) in [5.41, 5.74) is 1.70. The number of aromatic nitrogens is 1. The molecule has 6 nitrogen and oxygen atoms in total. The largest absolute Gasteiger partial charge is 0.497 e. The van der Waals surface area contributed by atoms with Crippen LogP contribution in [-0.4, -0.2) is 27.6 Å². The monoisotopic (exact) mass is 620 g/mol. The van der Waals surface area contributed by atoms with Crippen molar-refractivity contribution >= 4 is 27.4 Å². The first-order valence-corrected chi connectivity index (χ1v) is 14.6. The number of alkyl halides is 3. The van der Waals surface area contributed by atoms with Crippen molar-refractivity contribution < 1.29 is 35.5 Å². The van der Waals surface area contributed by atoms with Crippen molar-refractivity contribution in [3.05, 3.63) is 112 Å². The summed E-state index contributed by atoms with van der Waals surface area (Å²) >= 11 is 6.27. The number of aryl methyl sites for hydroxylation is 1. The topological polar surface area (TPSA) is 68.7 Å². The van der Waals surface area contributed by atoms with Gasteiger partial charge in [0.2, 0.25) is 5.95 Å². The number of rotatable bonds is 8. The Hall–Kier alpha value is -3.83. The lowest BCUT2D eigenvalue weighted by molar-refractivity contribution is -0.137. The van der Waals surface area contributed by atoms with Gasteiger partial charge in [-0.2, -0.15) is 17.6 Å². The number of fused-ring (bicyclic) bond motifs is 1. The zero-order valence-electron chi connectivity index (χ0n) is 22.5. The van der Waals surface area contributed by atoms with Gasteiger partial charge in [0, 0.05) is 22.6 Å². The van der Waals surface area contributed by atoms with E-state index in [1.165, 1.54) is 38.5 Å². The molecule has 0 fully saturated rings. The maximum absolute atomic E-state index is 14.2. The number of benzene rings is 3. The number of ether oxygens (including phenoxy) is 2. The Balaban J connectivity index is 1.52. The number of sulfonamides is 1. The first kappa shape index (κ1) is 29.7. The minimum atomic E-state index is -4.52. The Labute approximate surface area is 245 Å². The molecule has 42 heavy (non-hydrogen) atoms. The summed E-state index contributed by atoms with van der Waals surface area (Å²) in [4.78, 5) is 3.79. The highest BCUT2D eigenvalue weighted by Crippen LogP contribution is 2.43. The van der Waals surface area contributed by atoms with Crippen molar-refractivity contribution in [2.75, 3.05) is 18.5 Å². The molecule has 0 amide bonds. The lowest BCUT2D eigenvalue weighted by atomic mass is 9.92. The maximum atomic E-state index is 14.2. The molecule has 0 unspecified atom stereocenters. The van der Waals surface area contributed by atoms with E-state index < -0.39 is 27.7 Å². The summed E-state index contributed by atoms with van der Waals surface area (Å²) in [5, 5.41) is -0.00355. The first-order chi connectivity index (χ1) is 19.9. The molecule has 4 aromatic rings. The molecule has 12 heteroatoms. The highest BCUT2D eigenvalue weighted by Gasteiger charge is 2.34. The second-order valence-corrected chi connectivity index (χ2v) is 12.0. The van der Waals surface area contributed by atoms with Gasteiger partial charge in [-0.25, -0.2) is 17.7 Å². The van der Waals surface area contributed by atoms with E-state index in [1.54, 1.807) is 30.3 Å². The molecule has 0 radical (unpaired) electrons. The fourth-order valence-corrected chi connectivity index (χ4v) is 6.91. The first-order valence-electron chi connectivity index (χ1n) is 12.8. The van der Waals surface area contributed by atoms with E-state index in [9.17, 15) is 26.0 Å². The lowest BCUT2D eigenvalue weighted by Gasteiger charge is -2.25. The summed E-state index contributed by atoms with van der Waals surface area (Å²) in [7, 11) is -1.34. The maximum Gasteiger partial charge on any atom is 0.416 e. The van der Waals surface area contributed by atoms with E-state index in [2.05, 4.69) is 4.98 Å². The summed E-state index contributed by atoms with van der Waals surface area (Å²) in [6.07, 6.45) is -3.48. The van der Waals surface area contributed by atoms with Crippen LogP contribution in [0.5, 0.6) is 11.5 Å². The van der Waals surface area contributed by atoms with E-state index >= 15 is 0 Å². The number of hydrogen-bond donors (Lipinski definition) is 0. The van der Waals surface area contributed by atoms with Crippen LogP contribution < -0.4 is 13.8 Å². The highest BCUT2D eigenvalue weighted by molar-refractivity contribution is 7.92. The highest BCUT2D eigenvalue weighted by atomic mass is 35.5. The van der Waals surface area contributed by atoms with Crippen LogP contribution in [0.15, 0.2) is 77.7 Å². The molecule has 0 N–H and O–H groups in total. The SMILES string of the molecule is COc1ccc(CN(c2cccc(F)n2)S(=O)(=O)c2ccc3c(c2)CC[C@@H]3c2ccc(C(F)(F)F)cc2Cl)c(OC)c1. The third-order valence-corrected chi connectivity index (χ3v) is 9.32. The zero-order chi connectivity index (χ0) is 30.2. The molecule has 220 valence electrons. The van der Waals surface area contributed by atoms with Crippen molar-refractivity contribution in [3.63, 3.8) is 0 Å². The average Bonchev–Trinajstić information content (AvgIpc) is 3.38. The van der Waals surface area contributed by atoms with Crippen LogP contribution >= 0.6 is 11.6 Å². The number of pyridine rings is 1. The minimum Gasteiger partial charge on any atom is -0.497 e. The molecule has 0 saturated carbocycles. The van der Waals surface area contributed by atoms with Crippen molar-refractivity contribution in [1.82, 2.24) is 4.98 Å². The van der Waals surface area contributed by atoms with Crippen LogP contribution in [0.3, 0.4) is 0 Å². The summed E-state index contributed by atoms with van der Waals surface area (Å²) < 4.78 is 93.4. The smallest absolute Gasteiger partial charge is 0.416 e. The van der Waals surface area contributed by atoms with Crippen molar-refractivity contribution in [1.29, 1.82) is 0 Å². The van der Waals surface area contributed by atoms with E-state index in [-0.39, 0.29) is 28.2 Å². The van der Waals surface area contributed by atoms with E-state index in [4.69, 9.17) is 21.1 Å². The van der Waals surface area contributed by atoms with Gasteiger partial charge < -0.3 is 9.47 Å². The molecule has 3 aromatic carbocycles. The predicted molar refractivity (Wildman–Crippen MR) is 150 cm³/mol. The van der Waals surface area contributed by atoms with Gasteiger partial charge in [0.15, 0.2) is 0 Å². The molecule has 1 atom stereocenters. The summed E-state index contributed by atoms with van der Waals surface area (Å²) in [6.45, 7) is -0.215. The molecular weight excluding hydrogens is 596 g/mol. The molecule has 1 aliphatic rings. The van der Waals surface area contributed by atoms with E-state index in [0.717, 1.165) is 33.6 Å². The molecule has 0 saturated heterocycles. The second-order valence-electron chi connectivity index (χ2n) is 9.69. The number of methoxy groups -OCH3 is 2. The van der Waals surface area contributed by atoms with Crippen LogP contribution in [0, 0.1) is 5.95 Å². The lowest BCUT2D eigenvalue weighted by Crippen LogP contribution is -2.31. The Morgan fingerprint density at radius 3 is 2.40 bits per heavy atom. The van der Waals surface area contributed by atoms with Gasteiger partial charge >= 0.3 is 6.18 Å². The zero-order valence-corrected chi connectivity index (χ0v) is 24.0. The van der Waals surface area contributed by atoms with Crippen LogP contribution in [0.4, 0.5) is 23.4 Å². The molecule has 0 aliphatic heterocycles. The van der Waals surface area contributed by atoms with Gasteiger partial charge in [-0.05, 0) is 78.1 Å². The average molecular weight is 621 g/mol. The molecule has 0 spiro atoms. The van der Waals surface area contributed by atoms with Gasteiger partial charge in [-0.3, -0.25) is 0 Å². The summed E-state index contributed by atoms with van der Waals surface area (Å²) in [5.74, 6) is -0.384. The number of nitrogens with zero attached hydrogens (tertiary/aromatic N) is 2. The fraction of sp³-hybridized carbons (Fsp3) is 0.233. The number of anilines is 1. The van der Waals surface area contributed by atoms with Gasteiger partial charge in [0.05, 0.1) is 31.2 Å². The molecule has 5 rings (SSSR count). The van der Waals surface area contributed by atoms with E-state index in [0.29, 0.717) is 35.5 Å².